The van der Waals surface area contributed by atoms with Gasteiger partial charge in [-0.25, -0.2) is 22.3 Å². The molecule has 1 aliphatic heterocycles. The summed E-state index contributed by atoms with van der Waals surface area (Å²) in [6, 6.07) is 4.18. The molecule has 0 atom stereocenters. The van der Waals surface area contributed by atoms with Crippen LogP contribution in [-0.2, 0) is 20.4 Å². The number of hydrogen-bond acceptors (Lipinski definition) is 5. The van der Waals surface area contributed by atoms with Gasteiger partial charge in [-0.2, -0.15) is 0 Å². The largest absolute Gasteiger partial charge is 0.490 e. The first kappa shape index (κ1) is 23.9. The van der Waals surface area contributed by atoms with Crippen molar-refractivity contribution in [1.82, 2.24) is 14.9 Å². The fourth-order valence-electron chi connectivity index (χ4n) is 4.14. The molecule has 1 aromatic carbocycles. The molecule has 182 valence electrons. The van der Waals surface area contributed by atoms with E-state index in [2.05, 4.69) is 10.0 Å². The Bertz CT molecular complexity index is 1030. The number of amides is 3. The Balaban J connectivity index is 1.27. The Morgan fingerprint density at radius 2 is 1.91 bits per heavy atom. The third kappa shape index (κ3) is 5.48. The van der Waals surface area contributed by atoms with E-state index < -0.39 is 32.9 Å². The molecule has 0 radical (unpaired) electrons. The zero-order chi connectivity index (χ0) is 23.9. The summed E-state index contributed by atoms with van der Waals surface area (Å²) in [5.74, 6) is -0.120. The standard InChI is InChI=1S/C23H32FN3O5S/c1-22(2)20(28)25-21(29)27(22)12-4-3-5-13-33(30,31)26-23(10-11-23)17-8-9-18(24)19(14-17)32-15-16-6-7-16/h8-9,14,16,26H,3-7,10-13,15H2,1-2H3,(H,25,28,29). The van der Waals surface area contributed by atoms with Gasteiger partial charge in [-0.15, -0.1) is 0 Å². The second-order valence-electron chi connectivity index (χ2n) is 9.93. The lowest BCUT2D eigenvalue weighted by atomic mass is 10.0. The molecule has 1 aromatic rings. The highest BCUT2D eigenvalue weighted by Gasteiger charge is 2.48. The molecule has 1 saturated heterocycles. The van der Waals surface area contributed by atoms with Gasteiger partial charge in [0.15, 0.2) is 11.6 Å². The summed E-state index contributed by atoms with van der Waals surface area (Å²) in [6.45, 7) is 4.26. The summed E-state index contributed by atoms with van der Waals surface area (Å²) in [6.07, 6.45) is 5.18. The number of sulfonamides is 1. The number of carbonyl (C=O) groups excluding carboxylic acids is 2. The molecule has 0 bridgehead atoms. The van der Waals surface area contributed by atoms with Crippen molar-refractivity contribution in [2.24, 2.45) is 5.92 Å². The molecule has 3 aliphatic rings. The fraction of sp³-hybridized carbons (Fsp3) is 0.652. The van der Waals surface area contributed by atoms with Crippen molar-refractivity contribution in [2.45, 2.75) is 69.9 Å². The van der Waals surface area contributed by atoms with Crippen LogP contribution in [0, 0.1) is 11.7 Å². The van der Waals surface area contributed by atoms with Crippen molar-refractivity contribution in [3.63, 3.8) is 0 Å². The molecule has 10 heteroatoms. The second kappa shape index (κ2) is 8.87. The van der Waals surface area contributed by atoms with Crippen LogP contribution in [-0.4, -0.2) is 49.7 Å². The molecule has 3 amide bonds. The molecular weight excluding hydrogens is 449 g/mol. The van der Waals surface area contributed by atoms with Gasteiger partial charge in [0, 0.05) is 6.54 Å². The predicted molar refractivity (Wildman–Crippen MR) is 121 cm³/mol. The molecule has 8 nitrogen and oxygen atoms in total. The van der Waals surface area contributed by atoms with E-state index in [0.29, 0.717) is 51.2 Å². The van der Waals surface area contributed by atoms with E-state index in [1.54, 1.807) is 26.0 Å². The van der Waals surface area contributed by atoms with Crippen molar-refractivity contribution in [1.29, 1.82) is 0 Å². The SMILES string of the molecule is CC1(C)C(=O)NC(=O)N1CCCCCS(=O)(=O)NC1(c2ccc(F)c(OCC3CC3)c2)CC1. The van der Waals surface area contributed by atoms with Gasteiger partial charge in [-0.1, -0.05) is 12.5 Å². The van der Waals surface area contributed by atoms with Gasteiger partial charge >= 0.3 is 6.03 Å². The highest BCUT2D eigenvalue weighted by Crippen LogP contribution is 2.47. The smallest absolute Gasteiger partial charge is 0.324 e. The van der Waals surface area contributed by atoms with Crippen LogP contribution in [0.3, 0.4) is 0 Å². The first-order chi connectivity index (χ1) is 15.5. The Morgan fingerprint density at radius 1 is 1.18 bits per heavy atom. The average molecular weight is 482 g/mol. The van der Waals surface area contributed by atoms with Crippen LogP contribution in [0.15, 0.2) is 18.2 Å². The van der Waals surface area contributed by atoms with E-state index in [0.717, 1.165) is 18.4 Å². The van der Waals surface area contributed by atoms with Gasteiger partial charge in [0.05, 0.1) is 17.9 Å². The number of unbranched alkanes of at least 4 members (excludes halogenated alkanes) is 2. The number of nitrogens with zero attached hydrogens (tertiary/aromatic N) is 1. The van der Waals surface area contributed by atoms with Gasteiger partial charge in [0.2, 0.25) is 10.0 Å². The molecule has 1 heterocycles. The third-order valence-corrected chi connectivity index (χ3v) is 8.27. The van der Waals surface area contributed by atoms with Crippen LogP contribution in [0.5, 0.6) is 5.75 Å². The highest BCUT2D eigenvalue weighted by molar-refractivity contribution is 7.89. The third-order valence-electron chi connectivity index (χ3n) is 6.75. The number of carbonyl (C=O) groups is 2. The maximum absolute atomic E-state index is 14.1. The number of nitrogens with one attached hydrogen (secondary N) is 2. The monoisotopic (exact) mass is 481 g/mol. The summed E-state index contributed by atoms with van der Waals surface area (Å²) in [7, 11) is -3.54. The van der Waals surface area contributed by atoms with Gasteiger partial charge in [-0.05, 0) is 76.0 Å². The van der Waals surface area contributed by atoms with E-state index >= 15 is 0 Å². The minimum absolute atomic E-state index is 0.0322. The van der Waals surface area contributed by atoms with Gasteiger partial charge < -0.3 is 9.64 Å². The van der Waals surface area contributed by atoms with E-state index in [9.17, 15) is 22.4 Å². The molecule has 33 heavy (non-hydrogen) atoms. The molecule has 0 aromatic heterocycles. The summed E-state index contributed by atoms with van der Waals surface area (Å²) in [5.41, 5.74) is -0.855. The Morgan fingerprint density at radius 3 is 2.52 bits per heavy atom. The molecular formula is C23H32FN3O5S. The number of urea groups is 1. The van der Waals surface area contributed by atoms with Gasteiger partial charge in [0.25, 0.3) is 5.91 Å². The summed E-state index contributed by atoms with van der Waals surface area (Å²) in [5, 5.41) is 2.30. The molecule has 0 unspecified atom stereocenters. The average Bonchev–Trinajstić information content (AvgIpc) is 3.65. The summed E-state index contributed by atoms with van der Waals surface area (Å²) in [4.78, 5) is 25.2. The van der Waals surface area contributed by atoms with E-state index in [1.165, 1.54) is 11.0 Å². The van der Waals surface area contributed by atoms with Crippen molar-refractivity contribution in [3.05, 3.63) is 29.6 Å². The Hall–Kier alpha value is -2.20. The second-order valence-corrected chi connectivity index (χ2v) is 11.8. The molecule has 4 rings (SSSR count). The molecule has 2 aliphatic carbocycles. The molecule has 2 N–H and O–H groups in total. The lowest BCUT2D eigenvalue weighted by Gasteiger charge is -2.27. The Kier molecular flexibility index (Phi) is 6.43. The quantitative estimate of drug-likeness (QED) is 0.353. The zero-order valence-electron chi connectivity index (χ0n) is 19.2. The molecule has 2 saturated carbocycles. The lowest BCUT2D eigenvalue weighted by Crippen LogP contribution is -2.44. The van der Waals surface area contributed by atoms with Crippen LogP contribution in [0.25, 0.3) is 0 Å². The first-order valence-corrected chi connectivity index (χ1v) is 13.3. The van der Waals surface area contributed by atoms with Gasteiger partial charge in [-0.3, -0.25) is 10.1 Å². The van der Waals surface area contributed by atoms with Gasteiger partial charge in [0.1, 0.15) is 5.54 Å². The van der Waals surface area contributed by atoms with Crippen molar-refractivity contribution in [2.75, 3.05) is 18.9 Å². The highest BCUT2D eigenvalue weighted by atomic mass is 32.2. The van der Waals surface area contributed by atoms with Crippen LogP contribution in [0.1, 0.15) is 64.4 Å². The van der Waals surface area contributed by atoms with Crippen molar-refractivity contribution >= 4 is 22.0 Å². The number of hydrogen-bond donors (Lipinski definition) is 2. The van der Waals surface area contributed by atoms with Crippen LogP contribution in [0.2, 0.25) is 0 Å². The topological polar surface area (TPSA) is 105 Å². The number of halogens is 1. The predicted octanol–water partition coefficient (Wildman–Crippen LogP) is 3.02. The number of benzene rings is 1. The maximum Gasteiger partial charge on any atom is 0.324 e. The van der Waals surface area contributed by atoms with E-state index in [4.69, 9.17) is 4.74 Å². The van der Waals surface area contributed by atoms with Crippen molar-refractivity contribution < 1.29 is 27.1 Å². The number of ether oxygens (including phenoxy) is 1. The summed E-state index contributed by atoms with van der Waals surface area (Å²) < 4.78 is 48.0. The first-order valence-electron chi connectivity index (χ1n) is 11.6. The van der Waals surface area contributed by atoms with E-state index in [1.807, 2.05) is 0 Å². The van der Waals surface area contributed by atoms with Crippen LogP contribution in [0.4, 0.5) is 9.18 Å². The van der Waals surface area contributed by atoms with Crippen LogP contribution < -0.4 is 14.8 Å². The normalized spacial score (nSPS) is 21.2. The maximum atomic E-state index is 14.1. The lowest BCUT2D eigenvalue weighted by molar-refractivity contribution is -0.125. The number of rotatable bonds is 12. The molecule has 0 spiro atoms. The van der Waals surface area contributed by atoms with Crippen LogP contribution >= 0.6 is 0 Å². The number of imide groups is 1. The Labute approximate surface area is 194 Å². The van der Waals surface area contributed by atoms with Crippen molar-refractivity contribution in [3.8, 4) is 5.75 Å². The summed E-state index contributed by atoms with van der Waals surface area (Å²) >= 11 is 0. The minimum atomic E-state index is -3.54. The fourth-order valence-corrected chi connectivity index (χ4v) is 5.74. The minimum Gasteiger partial charge on any atom is -0.490 e. The zero-order valence-corrected chi connectivity index (χ0v) is 20.0. The van der Waals surface area contributed by atoms with E-state index in [-0.39, 0.29) is 17.4 Å². The molecule has 3 fully saturated rings.